The molecular formula is C25H35N3O2S. The molecule has 168 valence electrons. The molecule has 3 atom stereocenters. The number of aliphatic imine (C=N–C) groups is 1. The van der Waals surface area contributed by atoms with E-state index in [9.17, 15) is 4.79 Å². The molecule has 0 saturated heterocycles. The van der Waals surface area contributed by atoms with Crippen molar-refractivity contribution in [3.63, 3.8) is 0 Å². The van der Waals surface area contributed by atoms with Crippen LogP contribution in [0.4, 0.5) is 0 Å². The van der Waals surface area contributed by atoms with Gasteiger partial charge in [-0.25, -0.2) is 9.79 Å². The summed E-state index contributed by atoms with van der Waals surface area (Å²) in [4.78, 5) is 24.3. The summed E-state index contributed by atoms with van der Waals surface area (Å²) >= 11 is 6.27. The van der Waals surface area contributed by atoms with E-state index in [1.807, 2.05) is 37.3 Å². The number of ether oxygens (including phenoxy) is 1. The average molecular weight is 442 g/mol. The number of dihydropyridines is 1. The second kappa shape index (κ2) is 8.73. The van der Waals surface area contributed by atoms with E-state index >= 15 is 0 Å². The van der Waals surface area contributed by atoms with E-state index < -0.39 is 11.0 Å². The Morgan fingerprint density at radius 2 is 1.61 bits per heavy atom. The fourth-order valence-corrected chi connectivity index (χ4v) is 6.02. The second-order valence-corrected chi connectivity index (χ2v) is 8.78. The number of benzene rings is 1. The van der Waals surface area contributed by atoms with Gasteiger partial charge in [-0.3, -0.25) is 0 Å². The van der Waals surface area contributed by atoms with Gasteiger partial charge in [0.1, 0.15) is 5.84 Å². The van der Waals surface area contributed by atoms with Crippen molar-refractivity contribution in [2.24, 2.45) is 10.4 Å². The first-order valence-corrected chi connectivity index (χ1v) is 11.7. The van der Waals surface area contributed by atoms with Crippen molar-refractivity contribution in [3.05, 3.63) is 47.2 Å². The Morgan fingerprint density at radius 3 is 2.10 bits per heavy atom. The molecule has 0 saturated carbocycles. The van der Waals surface area contributed by atoms with E-state index in [2.05, 4.69) is 44.4 Å². The molecule has 1 aromatic rings. The quantitative estimate of drug-likeness (QED) is 0.462. The largest absolute Gasteiger partial charge is 0.467 e. The number of fused-ring (bicyclic) bond motifs is 1. The second-order valence-electron chi connectivity index (χ2n) is 8.34. The van der Waals surface area contributed by atoms with E-state index in [0.717, 1.165) is 53.7 Å². The van der Waals surface area contributed by atoms with E-state index in [-0.39, 0.29) is 11.9 Å². The lowest BCUT2D eigenvalue weighted by Crippen LogP contribution is -2.67. The number of carbonyl (C=O) groups is 1. The Bertz CT molecular complexity index is 918. The van der Waals surface area contributed by atoms with Crippen molar-refractivity contribution in [2.75, 3.05) is 33.3 Å². The molecule has 0 radical (unpaired) electrons. The zero-order valence-corrected chi connectivity index (χ0v) is 20.7. The zero-order valence-electron chi connectivity index (χ0n) is 19.9. The first-order chi connectivity index (χ1) is 14.8. The molecule has 0 fully saturated rings. The topological polar surface area (TPSA) is 45.1 Å². The molecule has 1 unspecified atom stereocenters. The molecule has 3 aliphatic rings. The van der Waals surface area contributed by atoms with Crippen molar-refractivity contribution < 1.29 is 9.53 Å². The van der Waals surface area contributed by atoms with Gasteiger partial charge >= 0.3 is 5.97 Å². The SMILES string of the molecule is CCN(CC)C1=N[C@]2(C(=O)OC)C(C)=C(N(CC)CC)[C@@]1(C)C(=S)C2c1ccccc1. The van der Waals surface area contributed by atoms with Gasteiger partial charge in [0.25, 0.3) is 0 Å². The van der Waals surface area contributed by atoms with Crippen molar-refractivity contribution in [1.29, 1.82) is 0 Å². The number of rotatable bonds is 7. The van der Waals surface area contributed by atoms with Crippen LogP contribution in [0.2, 0.25) is 0 Å². The van der Waals surface area contributed by atoms with Gasteiger partial charge in [0.15, 0.2) is 5.54 Å². The molecule has 2 aliphatic heterocycles. The van der Waals surface area contributed by atoms with Gasteiger partial charge in [0.05, 0.1) is 18.4 Å². The molecule has 6 heteroatoms. The molecule has 0 N–H and O–H groups in total. The van der Waals surface area contributed by atoms with E-state index in [1.54, 1.807) is 0 Å². The van der Waals surface area contributed by atoms with Crippen LogP contribution < -0.4 is 0 Å². The van der Waals surface area contributed by atoms with Crippen molar-refractivity contribution in [1.82, 2.24) is 9.80 Å². The van der Waals surface area contributed by atoms with Gasteiger partial charge in [-0.15, -0.1) is 0 Å². The number of nitrogens with zero attached hydrogens (tertiary/aromatic N) is 3. The lowest BCUT2D eigenvalue weighted by Gasteiger charge is -2.58. The summed E-state index contributed by atoms with van der Waals surface area (Å²) in [5.41, 5.74) is 1.31. The highest BCUT2D eigenvalue weighted by molar-refractivity contribution is 7.80. The lowest BCUT2D eigenvalue weighted by atomic mass is 9.56. The molecule has 0 spiro atoms. The fraction of sp³-hybridized carbons (Fsp3) is 0.560. The number of amidine groups is 1. The maximum atomic E-state index is 13.6. The van der Waals surface area contributed by atoms with Gasteiger partial charge in [0.2, 0.25) is 0 Å². The molecule has 0 aromatic heterocycles. The number of hydrogen-bond acceptors (Lipinski definition) is 6. The summed E-state index contributed by atoms with van der Waals surface area (Å²) < 4.78 is 5.43. The predicted molar refractivity (Wildman–Crippen MR) is 131 cm³/mol. The summed E-state index contributed by atoms with van der Waals surface area (Å²) in [6.45, 7) is 16.0. The van der Waals surface area contributed by atoms with E-state index in [1.165, 1.54) is 7.11 Å². The van der Waals surface area contributed by atoms with Crippen molar-refractivity contribution in [2.45, 2.75) is 53.0 Å². The minimum Gasteiger partial charge on any atom is -0.467 e. The summed E-state index contributed by atoms with van der Waals surface area (Å²) in [6.07, 6.45) is 0. The first kappa shape index (κ1) is 23.5. The minimum absolute atomic E-state index is 0.347. The van der Waals surface area contributed by atoms with Crippen LogP contribution >= 0.6 is 12.2 Å². The first-order valence-electron chi connectivity index (χ1n) is 11.3. The summed E-state index contributed by atoms with van der Waals surface area (Å²) in [7, 11) is 1.45. The van der Waals surface area contributed by atoms with E-state index in [4.69, 9.17) is 21.9 Å². The van der Waals surface area contributed by atoms with Gasteiger partial charge in [0, 0.05) is 36.7 Å². The Labute approximate surface area is 192 Å². The third-order valence-electron chi connectivity index (χ3n) is 7.07. The standard InChI is InChI=1S/C25H35N3O2S/c1-8-27(9-2)20-17(5)25(23(29)30-7)19(18-15-13-12-14-16-18)21(31)24(20,6)22(26-25)28(10-3)11-4/h12-16,19H,8-11H2,1-7H3/t19?,24-,25+/m0/s1. The zero-order chi connectivity index (χ0) is 23.0. The maximum absolute atomic E-state index is 13.6. The van der Waals surface area contributed by atoms with Gasteiger partial charge in [-0.2, -0.15) is 0 Å². The Kier molecular flexibility index (Phi) is 6.61. The molecular weight excluding hydrogens is 406 g/mol. The van der Waals surface area contributed by atoms with Crippen LogP contribution in [0.5, 0.6) is 0 Å². The molecule has 5 nitrogen and oxygen atoms in total. The maximum Gasteiger partial charge on any atom is 0.339 e. The van der Waals surface area contributed by atoms with Crippen LogP contribution in [0.25, 0.3) is 0 Å². The summed E-state index contributed by atoms with van der Waals surface area (Å²) in [6, 6.07) is 10.1. The Hall–Kier alpha value is -2.21. The Morgan fingerprint density at radius 1 is 1.06 bits per heavy atom. The van der Waals surface area contributed by atoms with Crippen molar-refractivity contribution >= 4 is 28.9 Å². The number of esters is 1. The number of methoxy groups -OCH3 is 1. The predicted octanol–water partition coefficient (Wildman–Crippen LogP) is 4.44. The molecule has 2 heterocycles. The van der Waals surface area contributed by atoms with Crippen LogP contribution in [0.3, 0.4) is 0 Å². The van der Waals surface area contributed by atoms with Crippen molar-refractivity contribution in [3.8, 4) is 0 Å². The van der Waals surface area contributed by atoms with Crippen LogP contribution in [-0.2, 0) is 9.53 Å². The van der Waals surface area contributed by atoms with Crippen LogP contribution in [0.1, 0.15) is 53.0 Å². The monoisotopic (exact) mass is 441 g/mol. The smallest absolute Gasteiger partial charge is 0.339 e. The summed E-state index contributed by atoms with van der Waals surface area (Å²) in [5.74, 6) is 0.185. The fourth-order valence-electron chi connectivity index (χ4n) is 5.52. The third-order valence-corrected chi connectivity index (χ3v) is 7.72. The molecule has 31 heavy (non-hydrogen) atoms. The third kappa shape index (κ3) is 3.13. The van der Waals surface area contributed by atoms with Gasteiger partial charge in [-0.05, 0) is 52.7 Å². The lowest BCUT2D eigenvalue weighted by molar-refractivity contribution is -0.146. The van der Waals surface area contributed by atoms with Crippen LogP contribution in [0, 0.1) is 5.41 Å². The molecule has 4 rings (SSSR count). The number of thiocarbonyl (C=S) groups is 1. The summed E-state index contributed by atoms with van der Waals surface area (Å²) in [5, 5.41) is 0. The molecule has 1 aromatic carbocycles. The van der Waals surface area contributed by atoms with Crippen LogP contribution in [-0.4, -0.2) is 65.3 Å². The van der Waals surface area contributed by atoms with Crippen LogP contribution in [0.15, 0.2) is 46.6 Å². The molecule has 1 aliphatic carbocycles. The molecule has 0 amide bonds. The highest BCUT2D eigenvalue weighted by Gasteiger charge is 2.66. The number of carbonyl (C=O) groups excluding carboxylic acids is 1. The van der Waals surface area contributed by atoms with E-state index in [0.29, 0.717) is 0 Å². The highest BCUT2D eigenvalue weighted by atomic mass is 32.1. The number of hydrogen-bond donors (Lipinski definition) is 0. The van der Waals surface area contributed by atoms with Gasteiger partial charge < -0.3 is 14.5 Å². The molecule has 2 bridgehead atoms. The van der Waals surface area contributed by atoms with Gasteiger partial charge in [-0.1, -0.05) is 42.5 Å². The normalized spacial score (nSPS) is 27.3. The minimum atomic E-state index is -1.19. The average Bonchev–Trinajstić information content (AvgIpc) is 2.79. The Balaban J connectivity index is 2.46. The highest BCUT2D eigenvalue weighted by Crippen LogP contribution is 2.58.